The summed E-state index contributed by atoms with van der Waals surface area (Å²) in [4.78, 5) is 14.1. The third-order valence-electron chi connectivity index (χ3n) is 3.63. The number of hydrogen-bond acceptors (Lipinski definition) is 3. The number of amides is 1. The molecule has 3 atom stereocenters. The second-order valence-corrected chi connectivity index (χ2v) is 5.00. The number of nitrogens with one attached hydrogen (secondary N) is 1. The predicted molar refractivity (Wildman–Crippen MR) is 69.0 cm³/mol. The van der Waals surface area contributed by atoms with Crippen LogP contribution in [0, 0.1) is 0 Å². The first kappa shape index (κ1) is 14.5. The number of piperidine rings is 1. The van der Waals surface area contributed by atoms with Crippen LogP contribution in [0.25, 0.3) is 0 Å². The summed E-state index contributed by atoms with van der Waals surface area (Å²) >= 11 is 0. The minimum Gasteiger partial charge on any atom is -0.380 e. The van der Waals surface area contributed by atoms with Crippen molar-refractivity contribution in [2.75, 3.05) is 20.2 Å². The van der Waals surface area contributed by atoms with Crippen molar-refractivity contribution in [2.24, 2.45) is 0 Å². The summed E-state index contributed by atoms with van der Waals surface area (Å²) in [6.45, 7) is 7.83. The van der Waals surface area contributed by atoms with Crippen LogP contribution >= 0.6 is 0 Å². The van der Waals surface area contributed by atoms with E-state index in [1.54, 1.807) is 7.11 Å². The van der Waals surface area contributed by atoms with E-state index < -0.39 is 0 Å². The molecule has 0 aromatic rings. The molecule has 4 nitrogen and oxygen atoms in total. The summed E-state index contributed by atoms with van der Waals surface area (Å²) in [6.07, 6.45) is 3.65. The average Bonchev–Trinajstić information content (AvgIpc) is 2.37. The molecule has 1 aliphatic heterocycles. The lowest BCUT2D eigenvalue weighted by Gasteiger charge is -2.31. The highest BCUT2D eigenvalue weighted by Crippen LogP contribution is 2.10. The normalized spacial score (nSPS) is 22.0. The van der Waals surface area contributed by atoms with Crippen molar-refractivity contribution in [3.8, 4) is 0 Å². The van der Waals surface area contributed by atoms with Crippen LogP contribution < -0.4 is 5.32 Å². The molecule has 1 aliphatic rings. The lowest BCUT2D eigenvalue weighted by Crippen LogP contribution is -2.51. The lowest BCUT2D eigenvalue weighted by molar-refractivity contribution is -0.134. The molecule has 0 saturated carbocycles. The molecule has 0 aromatic heterocycles. The van der Waals surface area contributed by atoms with Gasteiger partial charge >= 0.3 is 0 Å². The van der Waals surface area contributed by atoms with Crippen LogP contribution in [0.2, 0.25) is 0 Å². The maximum absolute atomic E-state index is 12.2. The third kappa shape index (κ3) is 4.28. The highest BCUT2D eigenvalue weighted by Gasteiger charge is 2.24. The molecule has 0 bridgehead atoms. The Labute approximate surface area is 105 Å². The predicted octanol–water partition coefficient (Wildman–Crippen LogP) is 1.40. The first-order chi connectivity index (χ1) is 8.06. The molecule has 1 amide bonds. The van der Waals surface area contributed by atoms with Gasteiger partial charge < -0.3 is 15.0 Å². The van der Waals surface area contributed by atoms with E-state index in [1.165, 1.54) is 6.42 Å². The second-order valence-electron chi connectivity index (χ2n) is 5.00. The quantitative estimate of drug-likeness (QED) is 0.792. The van der Waals surface area contributed by atoms with Crippen LogP contribution in [0.1, 0.15) is 40.0 Å². The highest BCUT2D eigenvalue weighted by atomic mass is 16.5. The van der Waals surface area contributed by atoms with Crippen molar-refractivity contribution in [1.29, 1.82) is 0 Å². The third-order valence-corrected chi connectivity index (χ3v) is 3.63. The first-order valence-electron chi connectivity index (χ1n) is 6.64. The minimum atomic E-state index is -0.124. The van der Waals surface area contributed by atoms with Gasteiger partial charge in [-0.15, -0.1) is 0 Å². The molecule has 1 saturated heterocycles. The Bertz CT molecular complexity index is 240. The van der Waals surface area contributed by atoms with Crippen LogP contribution in [-0.4, -0.2) is 49.2 Å². The van der Waals surface area contributed by atoms with Gasteiger partial charge in [-0.1, -0.05) is 0 Å². The van der Waals surface area contributed by atoms with E-state index >= 15 is 0 Å². The monoisotopic (exact) mass is 242 g/mol. The van der Waals surface area contributed by atoms with E-state index in [4.69, 9.17) is 4.74 Å². The Morgan fingerprint density at radius 3 is 2.29 bits per heavy atom. The van der Waals surface area contributed by atoms with Crippen LogP contribution in [0.5, 0.6) is 0 Å². The van der Waals surface area contributed by atoms with Gasteiger partial charge in [0.25, 0.3) is 0 Å². The van der Waals surface area contributed by atoms with E-state index in [1.807, 2.05) is 25.7 Å². The fourth-order valence-electron chi connectivity index (χ4n) is 2.19. The Hall–Kier alpha value is -0.610. The smallest absolute Gasteiger partial charge is 0.239 e. The molecule has 17 heavy (non-hydrogen) atoms. The molecule has 1 N–H and O–H groups in total. The average molecular weight is 242 g/mol. The number of ether oxygens (including phenoxy) is 1. The van der Waals surface area contributed by atoms with Gasteiger partial charge in [0, 0.05) is 26.2 Å². The second kappa shape index (κ2) is 6.97. The number of carbonyl (C=O) groups excluding carboxylic acids is 1. The fourth-order valence-corrected chi connectivity index (χ4v) is 2.19. The first-order valence-corrected chi connectivity index (χ1v) is 6.64. The summed E-state index contributed by atoms with van der Waals surface area (Å²) in [7, 11) is 1.69. The van der Waals surface area contributed by atoms with E-state index in [-0.39, 0.29) is 24.1 Å². The van der Waals surface area contributed by atoms with Gasteiger partial charge in [0.05, 0.1) is 12.1 Å². The zero-order valence-corrected chi connectivity index (χ0v) is 11.5. The van der Waals surface area contributed by atoms with Crippen molar-refractivity contribution in [2.45, 2.75) is 58.2 Å². The Morgan fingerprint density at radius 2 is 1.76 bits per heavy atom. The number of hydrogen-bond donors (Lipinski definition) is 1. The van der Waals surface area contributed by atoms with E-state index in [9.17, 15) is 4.79 Å². The lowest BCUT2D eigenvalue weighted by atomic mass is 10.1. The number of rotatable bonds is 5. The SMILES string of the molecule is COC(C)C(C)NC(C)C(=O)N1CCCCC1. The summed E-state index contributed by atoms with van der Waals surface area (Å²) in [5.74, 6) is 0.222. The van der Waals surface area contributed by atoms with Gasteiger partial charge in [0.2, 0.25) is 5.91 Å². The van der Waals surface area contributed by atoms with Gasteiger partial charge in [-0.2, -0.15) is 0 Å². The van der Waals surface area contributed by atoms with Crippen molar-refractivity contribution < 1.29 is 9.53 Å². The topological polar surface area (TPSA) is 41.6 Å². The van der Waals surface area contributed by atoms with Crippen molar-refractivity contribution in [3.63, 3.8) is 0 Å². The fraction of sp³-hybridized carbons (Fsp3) is 0.923. The zero-order valence-electron chi connectivity index (χ0n) is 11.5. The van der Waals surface area contributed by atoms with Crippen molar-refractivity contribution in [3.05, 3.63) is 0 Å². The number of likely N-dealkylation sites (tertiary alicyclic amines) is 1. The Kier molecular flexibility index (Phi) is 5.92. The molecule has 0 spiro atoms. The molecule has 3 unspecified atom stereocenters. The van der Waals surface area contributed by atoms with E-state index in [0.717, 1.165) is 25.9 Å². The van der Waals surface area contributed by atoms with E-state index in [2.05, 4.69) is 5.32 Å². The number of carbonyl (C=O) groups is 1. The molecule has 1 rings (SSSR count). The Balaban J connectivity index is 2.40. The van der Waals surface area contributed by atoms with E-state index in [0.29, 0.717) is 0 Å². The van der Waals surface area contributed by atoms with Gasteiger partial charge in [-0.3, -0.25) is 4.79 Å². The van der Waals surface area contributed by atoms with Crippen LogP contribution in [-0.2, 0) is 9.53 Å². The standard InChI is InChI=1S/C13H26N2O2/c1-10(12(3)17-4)14-11(2)13(16)15-8-6-5-7-9-15/h10-12,14H,5-9H2,1-4H3. The molecule has 0 radical (unpaired) electrons. The van der Waals surface area contributed by atoms with Gasteiger partial charge in [-0.25, -0.2) is 0 Å². The van der Waals surface area contributed by atoms with Crippen LogP contribution in [0.3, 0.4) is 0 Å². The zero-order chi connectivity index (χ0) is 12.8. The molecule has 1 fully saturated rings. The van der Waals surface area contributed by atoms with Crippen LogP contribution in [0.15, 0.2) is 0 Å². The van der Waals surface area contributed by atoms with Gasteiger partial charge in [-0.05, 0) is 40.0 Å². The summed E-state index contributed by atoms with van der Waals surface area (Å²) in [6, 6.07) is 0.0597. The highest BCUT2D eigenvalue weighted by molar-refractivity contribution is 5.81. The van der Waals surface area contributed by atoms with Gasteiger partial charge in [0.1, 0.15) is 0 Å². The maximum atomic E-state index is 12.2. The minimum absolute atomic E-state index is 0.117. The molecule has 0 aromatic carbocycles. The molecule has 0 aliphatic carbocycles. The molecular weight excluding hydrogens is 216 g/mol. The molecular formula is C13H26N2O2. The maximum Gasteiger partial charge on any atom is 0.239 e. The number of methoxy groups -OCH3 is 1. The van der Waals surface area contributed by atoms with Crippen molar-refractivity contribution in [1.82, 2.24) is 10.2 Å². The van der Waals surface area contributed by atoms with Crippen LogP contribution in [0.4, 0.5) is 0 Å². The summed E-state index contributed by atoms with van der Waals surface area (Å²) in [5.41, 5.74) is 0. The molecule has 100 valence electrons. The molecule has 4 heteroatoms. The number of nitrogens with zero attached hydrogens (tertiary/aromatic N) is 1. The largest absolute Gasteiger partial charge is 0.380 e. The summed E-state index contributed by atoms with van der Waals surface area (Å²) in [5, 5.41) is 3.31. The molecule has 1 heterocycles. The summed E-state index contributed by atoms with van der Waals surface area (Å²) < 4.78 is 5.25. The van der Waals surface area contributed by atoms with Gasteiger partial charge in [0.15, 0.2) is 0 Å². The van der Waals surface area contributed by atoms with Crippen molar-refractivity contribution >= 4 is 5.91 Å². The Morgan fingerprint density at radius 1 is 1.18 bits per heavy atom.